The van der Waals surface area contributed by atoms with Crippen LogP contribution in [0.1, 0.15) is 11.1 Å². The molecule has 0 aliphatic carbocycles. The Bertz CT molecular complexity index is 936. The summed E-state index contributed by atoms with van der Waals surface area (Å²) < 4.78 is -0.162. The maximum atomic E-state index is 11.8. The van der Waals surface area contributed by atoms with Gasteiger partial charge in [0.1, 0.15) is 9.40 Å². The Morgan fingerprint density at radius 2 is 1.62 bits per heavy atom. The molecule has 0 saturated heterocycles. The molecule has 0 amide bonds. The zero-order valence-corrected chi connectivity index (χ0v) is 16.3. The quantitative estimate of drug-likeness (QED) is 0.368. The molecule has 0 aromatic heterocycles. The van der Waals surface area contributed by atoms with Crippen molar-refractivity contribution in [2.45, 2.75) is 18.7 Å². The lowest BCUT2D eigenvalue weighted by molar-refractivity contribution is -0.420. The molecule has 0 saturated carbocycles. The number of rotatable bonds is 4. The molecule has 0 bridgehead atoms. The predicted octanol–water partition coefficient (Wildman–Crippen LogP) is 6.03. The number of fused-ring (bicyclic) bond motifs is 1. The Hall–Kier alpha value is -2.15. The van der Waals surface area contributed by atoms with Gasteiger partial charge in [-0.2, -0.15) is 0 Å². The SMILES string of the molecule is Cc1ccc(SC(=C(Cl)Cl)C(=C2Nc3ccc(C)cc3N2)[N+](=O)[O-])cc1. The lowest BCUT2D eigenvalue weighted by atomic mass is 10.2. The summed E-state index contributed by atoms with van der Waals surface area (Å²) in [7, 11) is 0. The molecule has 0 spiro atoms. The van der Waals surface area contributed by atoms with Crippen LogP contribution >= 0.6 is 35.0 Å². The lowest BCUT2D eigenvalue weighted by Crippen LogP contribution is -2.12. The van der Waals surface area contributed by atoms with Crippen LogP contribution < -0.4 is 10.6 Å². The molecule has 8 heteroatoms. The van der Waals surface area contributed by atoms with Crippen molar-refractivity contribution in [1.29, 1.82) is 0 Å². The van der Waals surface area contributed by atoms with Crippen molar-refractivity contribution >= 4 is 46.3 Å². The van der Waals surface area contributed by atoms with Gasteiger partial charge in [-0.3, -0.25) is 10.1 Å². The van der Waals surface area contributed by atoms with Crippen molar-refractivity contribution in [3.05, 3.63) is 84.6 Å². The summed E-state index contributed by atoms with van der Waals surface area (Å²) in [6, 6.07) is 13.3. The second kappa shape index (κ2) is 7.61. The van der Waals surface area contributed by atoms with Gasteiger partial charge < -0.3 is 10.6 Å². The third kappa shape index (κ3) is 3.98. The van der Waals surface area contributed by atoms with E-state index in [1.807, 2.05) is 56.3 Å². The summed E-state index contributed by atoms with van der Waals surface area (Å²) in [4.78, 5) is 12.3. The van der Waals surface area contributed by atoms with Crippen molar-refractivity contribution in [2.24, 2.45) is 0 Å². The molecule has 1 heterocycles. The van der Waals surface area contributed by atoms with Crippen LogP contribution in [-0.4, -0.2) is 4.92 Å². The van der Waals surface area contributed by atoms with Gasteiger partial charge in [0.2, 0.25) is 0 Å². The number of thioether (sulfide) groups is 1. The Morgan fingerprint density at radius 3 is 2.23 bits per heavy atom. The minimum atomic E-state index is -0.491. The fourth-order valence-electron chi connectivity index (χ4n) is 2.48. The molecule has 2 aromatic rings. The molecule has 5 nitrogen and oxygen atoms in total. The second-order valence-corrected chi connectivity index (χ2v) is 7.82. The van der Waals surface area contributed by atoms with Gasteiger partial charge >= 0.3 is 5.70 Å². The van der Waals surface area contributed by atoms with Gasteiger partial charge in [-0.15, -0.1) is 0 Å². The van der Waals surface area contributed by atoms with E-state index in [9.17, 15) is 10.1 Å². The summed E-state index contributed by atoms with van der Waals surface area (Å²) in [5.74, 6) is 0.240. The van der Waals surface area contributed by atoms with E-state index in [2.05, 4.69) is 10.6 Å². The predicted molar refractivity (Wildman–Crippen MR) is 108 cm³/mol. The summed E-state index contributed by atoms with van der Waals surface area (Å²) in [5, 5.41) is 17.9. The highest BCUT2D eigenvalue weighted by molar-refractivity contribution is 8.03. The van der Waals surface area contributed by atoms with E-state index >= 15 is 0 Å². The maximum Gasteiger partial charge on any atom is 0.325 e. The number of benzene rings is 2. The molecular weight excluding hydrogens is 393 g/mol. The fraction of sp³-hybridized carbons (Fsp3) is 0.111. The highest BCUT2D eigenvalue weighted by Crippen LogP contribution is 2.41. The minimum absolute atomic E-state index is 0.162. The Labute approximate surface area is 165 Å². The van der Waals surface area contributed by atoms with Gasteiger partial charge in [0.05, 0.1) is 16.3 Å². The molecule has 2 N–H and O–H groups in total. The van der Waals surface area contributed by atoms with Crippen LogP contribution in [0, 0.1) is 24.0 Å². The highest BCUT2D eigenvalue weighted by Gasteiger charge is 2.31. The van der Waals surface area contributed by atoms with Gasteiger partial charge in [0, 0.05) is 4.90 Å². The summed E-state index contributed by atoms with van der Waals surface area (Å²) >= 11 is 13.2. The first-order valence-electron chi connectivity index (χ1n) is 7.68. The van der Waals surface area contributed by atoms with Crippen LogP contribution in [0.25, 0.3) is 0 Å². The number of nitro groups is 1. The number of hydrogen-bond donors (Lipinski definition) is 2. The molecular formula is C18H15Cl2N3O2S. The number of nitrogens with one attached hydrogen (secondary N) is 2. The number of hydrogen-bond acceptors (Lipinski definition) is 5. The maximum absolute atomic E-state index is 11.8. The molecule has 134 valence electrons. The molecule has 0 unspecified atom stereocenters. The monoisotopic (exact) mass is 407 g/mol. The van der Waals surface area contributed by atoms with Crippen LogP contribution in [0.5, 0.6) is 0 Å². The minimum Gasteiger partial charge on any atom is -0.334 e. The average Bonchev–Trinajstić information content (AvgIpc) is 2.98. The van der Waals surface area contributed by atoms with Gasteiger partial charge in [-0.25, -0.2) is 0 Å². The molecule has 0 fully saturated rings. The van der Waals surface area contributed by atoms with Crippen molar-refractivity contribution in [3.8, 4) is 0 Å². The fourth-order valence-corrected chi connectivity index (χ4v) is 3.75. The van der Waals surface area contributed by atoms with E-state index in [1.165, 1.54) is 0 Å². The van der Waals surface area contributed by atoms with Gasteiger partial charge in [-0.1, -0.05) is 58.7 Å². The van der Waals surface area contributed by atoms with E-state index in [-0.39, 0.29) is 20.9 Å². The number of anilines is 2. The van der Waals surface area contributed by atoms with E-state index in [0.717, 1.165) is 39.2 Å². The topological polar surface area (TPSA) is 67.2 Å². The summed E-state index contributed by atoms with van der Waals surface area (Å²) in [6.45, 7) is 3.92. The van der Waals surface area contributed by atoms with Crippen LogP contribution in [0.4, 0.5) is 11.4 Å². The number of halogens is 2. The smallest absolute Gasteiger partial charge is 0.325 e. The molecule has 0 radical (unpaired) electrons. The first-order valence-corrected chi connectivity index (χ1v) is 9.26. The normalized spacial score (nSPS) is 14.2. The van der Waals surface area contributed by atoms with Crippen molar-refractivity contribution in [2.75, 3.05) is 10.6 Å². The van der Waals surface area contributed by atoms with Crippen molar-refractivity contribution in [3.63, 3.8) is 0 Å². The Balaban J connectivity index is 2.02. The van der Waals surface area contributed by atoms with Gasteiger partial charge in [0.15, 0.2) is 5.82 Å². The van der Waals surface area contributed by atoms with Gasteiger partial charge in [0.25, 0.3) is 0 Å². The molecule has 26 heavy (non-hydrogen) atoms. The standard InChI is InChI=1S/C18H15Cl2N3O2S/c1-10-3-6-12(7-4-10)26-16(17(19)20)15(23(24)25)18-21-13-8-5-11(2)9-14(13)22-18/h3-9,21-22H,1-2H3. The zero-order valence-electron chi connectivity index (χ0n) is 14.0. The van der Waals surface area contributed by atoms with E-state index in [1.54, 1.807) is 0 Å². The average molecular weight is 408 g/mol. The first kappa shape index (κ1) is 18.6. The number of nitrogens with zero attached hydrogens (tertiary/aromatic N) is 1. The van der Waals surface area contributed by atoms with Crippen LogP contribution in [0.2, 0.25) is 0 Å². The lowest BCUT2D eigenvalue weighted by Gasteiger charge is -2.09. The molecule has 0 atom stereocenters. The Morgan fingerprint density at radius 1 is 1.00 bits per heavy atom. The first-order chi connectivity index (χ1) is 12.3. The van der Waals surface area contributed by atoms with E-state index in [4.69, 9.17) is 23.2 Å². The largest absolute Gasteiger partial charge is 0.334 e. The summed E-state index contributed by atoms with van der Waals surface area (Å²) in [5.41, 5.74) is 3.46. The van der Waals surface area contributed by atoms with Crippen LogP contribution in [0.3, 0.4) is 0 Å². The van der Waals surface area contributed by atoms with E-state index in [0.29, 0.717) is 0 Å². The molecule has 2 aromatic carbocycles. The molecule has 1 aliphatic rings. The van der Waals surface area contributed by atoms with Crippen LogP contribution in [-0.2, 0) is 0 Å². The number of aryl methyl sites for hydroxylation is 2. The zero-order chi connectivity index (χ0) is 18.8. The van der Waals surface area contributed by atoms with Crippen molar-refractivity contribution in [1.82, 2.24) is 0 Å². The Kier molecular flexibility index (Phi) is 5.46. The van der Waals surface area contributed by atoms with Gasteiger partial charge in [-0.05, 0) is 43.7 Å². The van der Waals surface area contributed by atoms with Crippen LogP contribution in [0.15, 0.2) is 68.3 Å². The highest BCUT2D eigenvalue weighted by atomic mass is 35.5. The van der Waals surface area contributed by atoms with Crippen molar-refractivity contribution < 1.29 is 4.92 Å². The third-order valence-corrected chi connectivity index (χ3v) is 5.45. The summed E-state index contributed by atoms with van der Waals surface area (Å²) in [6.07, 6.45) is 0. The second-order valence-electron chi connectivity index (χ2n) is 5.78. The van der Waals surface area contributed by atoms with E-state index < -0.39 is 4.92 Å². The third-order valence-electron chi connectivity index (χ3n) is 3.74. The molecule has 1 aliphatic heterocycles. The molecule has 3 rings (SSSR count).